The van der Waals surface area contributed by atoms with Crippen LogP contribution in [0.4, 0.5) is 9.59 Å². The number of carboxylic acid groups (broad SMARTS) is 1. The molecular formula is C19H28N4O6. The van der Waals surface area contributed by atoms with Crippen LogP contribution in [-0.2, 0) is 20.9 Å². The van der Waals surface area contributed by atoms with Crippen LogP contribution in [0, 0.1) is 5.92 Å². The van der Waals surface area contributed by atoms with Crippen molar-refractivity contribution in [3.8, 4) is 0 Å². The third-order valence-corrected chi connectivity index (χ3v) is 4.30. The second kappa shape index (κ2) is 11.0. The number of nitrogens with one attached hydrogen (secondary N) is 2. The molecule has 0 saturated heterocycles. The fourth-order valence-electron chi connectivity index (χ4n) is 2.62. The topological polar surface area (TPSA) is 174 Å². The molecule has 10 nitrogen and oxygen atoms in total. The predicted octanol–water partition coefficient (Wildman–Crippen LogP) is 0.737. The lowest BCUT2D eigenvalue weighted by Gasteiger charge is -2.30. The highest BCUT2D eigenvalue weighted by Crippen LogP contribution is 2.18. The fraction of sp³-hybridized carbons (Fsp3) is 0.474. The first-order chi connectivity index (χ1) is 13.6. The van der Waals surface area contributed by atoms with Crippen LogP contribution < -0.4 is 22.1 Å². The van der Waals surface area contributed by atoms with Crippen molar-refractivity contribution in [1.82, 2.24) is 10.6 Å². The number of urea groups is 1. The van der Waals surface area contributed by atoms with Gasteiger partial charge in [0.25, 0.3) is 0 Å². The molecule has 2 unspecified atom stereocenters. The Morgan fingerprint density at radius 2 is 1.79 bits per heavy atom. The van der Waals surface area contributed by atoms with Gasteiger partial charge in [0, 0.05) is 6.54 Å². The van der Waals surface area contributed by atoms with Gasteiger partial charge in [-0.1, -0.05) is 44.2 Å². The van der Waals surface area contributed by atoms with E-state index in [1.54, 1.807) is 38.1 Å². The van der Waals surface area contributed by atoms with Crippen LogP contribution in [0.5, 0.6) is 0 Å². The van der Waals surface area contributed by atoms with Gasteiger partial charge in [-0.2, -0.15) is 0 Å². The molecule has 0 aliphatic heterocycles. The Bertz CT molecular complexity index is 725. The van der Waals surface area contributed by atoms with E-state index in [-0.39, 0.29) is 26.0 Å². The molecule has 0 aliphatic carbocycles. The molecule has 1 aromatic carbocycles. The first-order valence-corrected chi connectivity index (χ1v) is 9.15. The summed E-state index contributed by atoms with van der Waals surface area (Å²) in [7, 11) is 0. The number of Topliss-reactive ketones (excluding diaryl/α,β-unsaturated/α-hetero) is 1. The van der Waals surface area contributed by atoms with Crippen LogP contribution >= 0.6 is 0 Å². The minimum absolute atomic E-state index is 0.00281. The summed E-state index contributed by atoms with van der Waals surface area (Å²) in [5.74, 6) is -2.81. The zero-order chi connectivity index (χ0) is 22.0. The Labute approximate surface area is 169 Å². The highest BCUT2D eigenvalue weighted by atomic mass is 16.5. The number of ketones is 1. The van der Waals surface area contributed by atoms with E-state index in [9.17, 15) is 24.3 Å². The van der Waals surface area contributed by atoms with Crippen LogP contribution in [0.25, 0.3) is 0 Å². The molecular weight excluding hydrogens is 380 g/mol. The van der Waals surface area contributed by atoms with Crippen LogP contribution in [0.3, 0.4) is 0 Å². The van der Waals surface area contributed by atoms with E-state index >= 15 is 0 Å². The number of hydrogen-bond acceptors (Lipinski definition) is 6. The molecule has 3 amide bonds. The first-order valence-electron chi connectivity index (χ1n) is 9.15. The monoisotopic (exact) mass is 408 g/mol. The quantitative estimate of drug-likeness (QED) is 0.265. The van der Waals surface area contributed by atoms with E-state index in [1.807, 2.05) is 6.07 Å². The van der Waals surface area contributed by atoms with Gasteiger partial charge in [0.05, 0.1) is 6.04 Å². The van der Waals surface area contributed by atoms with Crippen molar-refractivity contribution in [2.45, 2.75) is 44.9 Å². The van der Waals surface area contributed by atoms with Crippen molar-refractivity contribution in [2.24, 2.45) is 17.4 Å². The molecule has 0 bridgehead atoms. The summed E-state index contributed by atoms with van der Waals surface area (Å²) in [4.78, 5) is 47.5. The predicted molar refractivity (Wildman–Crippen MR) is 105 cm³/mol. The number of aliphatic carboxylic acids is 1. The Morgan fingerprint density at radius 3 is 2.31 bits per heavy atom. The second-order valence-corrected chi connectivity index (χ2v) is 6.96. The number of carbonyl (C=O) groups excluding carboxylic acids is 3. The van der Waals surface area contributed by atoms with Gasteiger partial charge in [-0.25, -0.2) is 14.4 Å². The molecule has 0 fully saturated rings. The summed E-state index contributed by atoms with van der Waals surface area (Å²) < 4.78 is 5.11. The average Bonchev–Trinajstić information content (AvgIpc) is 2.67. The molecule has 160 valence electrons. The van der Waals surface area contributed by atoms with Gasteiger partial charge in [0.2, 0.25) is 0 Å². The number of alkyl carbamates (subject to hydrolysis) is 1. The van der Waals surface area contributed by atoms with Crippen LogP contribution in [0.15, 0.2) is 30.3 Å². The number of hydrogen-bond donors (Lipinski definition) is 5. The Morgan fingerprint density at radius 1 is 1.17 bits per heavy atom. The smallest absolute Gasteiger partial charge is 0.408 e. The normalized spacial score (nSPS) is 13.8. The first kappa shape index (κ1) is 23.9. The van der Waals surface area contributed by atoms with Crippen LogP contribution in [-0.4, -0.2) is 47.1 Å². The molecule has 29 heavy (non-hydrogen) atoms. The number of carbonyl (C=O) groups is 4. The van der Waals surface area contributed by atoms with E-state index in [4.69, 9.17) is 16.2 Å². The maximum absolute atomic E-state index is 12.9. The third-order valence-electron chi connectivity index (χ3n) is 4.30. The zero-order valence-corrected chi connectivity index (χ0v) is 16.5. The molecule has 0 saturated carbocycles. The maximum Gasteiger partial charge on any atom is 0.408 e. The van der Waals surface area contributed by atoms with Crippen molar-refractivity contribution >= 4 is 23.9 Å². The summed E-state index contributed by atoms with van der Waals surface area (Å²) in [5.41, 5.74) is 9.37. The van der Waals surface area contributed by atoms with Gasteiger partial charge < -0.3 is 31.9 Å². The van der Waals surface area contributed by atoms with Gasteiger partial charge in [0.1, 0.15) is 6.61 Å². The van der Waals surface area contributed by atoms with Crippen molar-refractivity contribution in [3.05, 3.63) is 35.9 Å². The van der Waals surface area contributed by atoms with Gasteiger partial charge in [-0.15, -0.1) is 0 Å². The second-order valence-electron chi connectivity index (χ2n) is 6.96. The summed E-state index contributed by atoms with van der Waals surface area (Å²) in [6, 6.07) is 7.02. The number of benzene rings is 1. The maximum atomic E-state index is 12.9. The zero-order valence-electron chi connectivity index (χ0n) is 16.5. The number of nitrogens with two attached hydrogens (primary N) is 2. The molecule has 0 heterocycles. The van der Waals surface area contributed by atoms with Gasteiger partial charge in [-0.3, -0.25) is 4.79 Å². The van der Waals surface area contributed by atoms with E-state index in [2.05, 4.69) is 10.6 Å². The van der Waals surface area contributed by atoms with Gasteiger partial charge in [-0.05, 0) is 24.3 Å². The highest BCUT2D eigenvalue weighted by molar-refractivity contribution is 6.10. The minimum atomic E-state index is -2.24. The van der Waals surface area contributed by atoms with Crippen LogP contribution in [0.1, 0.15) is 32.3 Å². The summed E-state index contributed by atoms with van der Waals surface area (Å²) in [5, 5.41) is 14.2. The number of primary amides is 1. The molecule has 1 rings (SSSR count). The van der Waals surface area contributed by atoms with E-state index in [0.29, 0.717) is 0 Å². The number of carboxylic acids is 1. The molecule has 7 N–H and O–H groups in total. The largest absolute Gasteiger partial charge is 0.480 e. The molecule has 0 spiro atoms. The Kier molecular flexibility index (Phi) is 9.07. The molecule has 1 aromatic rings. The van der Waals surface area contributed by atoms with Crippen molar-refractivity contribution in [1.29, 1.82) is 0 Å². The fourth-order valence-corrected chi connectivity index (χ4v) is 2.62. The summed E-state index contributed by atoms with van der Waals surface area (Å²) >= 11 is 0. The Hall–Kier alpha value is -3.14. The molecule has 0 radical (unpaired) electrons. The van der Waals surface area contributed by atoms with E-state index in [0.717, 1.165) is 5.56 Å². The lowest BCUT2D eigenvalue weighted by Crippen LogP contribution is -2.63. The summed E-state index contributed by atoms with van der Waals surface area (Å²) in [6.45, 7) is 3.36. The SMILES string of the molecule is CC(C)C(NC(=O)OCc1ccccc1)C(=O)C(N)(CCCNC(N)=O)C(=O)O. The third kappa shape index (κ3) is 7.41. The van der Waals surface area contributed by atoms with E-state index < -0.39 is 41.4 Å². The number of amides is 3. The molecule has 10 heteroatoms. The molecule has 0 aromatic heterocycles. The van der Waals surface area contributed by atoms with Crippen LogP contribution in [0.2, 0.25) is 0 Å². The average molecular weight is 408 g/mol. The lowest BCUT2D eigenvalue weighted by molar-refractivity contribution is -0.149. The van der Waals surface area contributed by atoms with Crippen molar-refractivity contribution in [2.75, 3.05) is 6.54 Å². The molecule has 2 atom stereocenters. The van der Waals surface area contributed by atoms with Gasteiger partial charge in [0.15, 0.2) is 11.3 Å². The lowest BCUT2D eigenvalue weighted by atomic mass is 9.82. The molecule has 0 aliphatic rings. The van der Waals surface area contributed by atoms with Crippen molar-refractivity contribution < 1.29 is 29.0 Å². The summed E-state index contributed by atoms with van der Waals surface area (Å²) in [6.07, 6.45) is -0.990. The van der Waals surface area contributed by atoms with E-state index in [1.165, 1.54) is 0 Å². The van der Waals surface area contributed by atoms with Gasteiger partial charge >= 0.3 is 18.1 Å². The number of ether oxygens (including phenoxy) is 1. The minimum Gasteiger partial charge on any atom is -0.480 e. The standard InChI is InChI=1S/C19H28N4O6/c1-12(2)14(23-18(28)29-11-13-7-4-3-5-8-13)15(24)19(21,16(25)26)9-6-10-22-17(20)27/h3-5,7-8,12,14H,6,9-11,21H2,1-2H3,(H,23,28)(H,25,26)(H3,20,22,27). The highest BCUT2D eigenvalue weighted by Gasteiger charge is 2.46. The Balaban J connectivity index is 2.79. The number of rotatable bonds is 11. The van der Waals surface area contributed by atoms with Crippen molar-refractivity contribution in [3.63, 3.8) is 0 Å².